The van der Waals surface area contributed by atoms with Crippen molar-refractivity contribution in [2.24, 2.45) is 0 Å². The average molecular weight is 477 g/mol. The summed E-state index contributed by atoms with van der Waals surface area (Å²) in [6.45, 7) is 1.01. The normalized spacial score (nSPS) is 11.3. The molecule has 3 rings (SSSR count). The van der Waals surface area contributed by atoms with E-state index in [9.17, 15) is 13.2 Å². The monoisotopic (exact) mass is 476 g/mol. The zero-order valence-electron chi connectivity index (χ0n) is 15.6. The number of amides is 1. The number of carbonyl (C=O) groups is 1. The molecule has 0 radical (unpaired) electrons. The fourth-order valence-electron chi connectivity index (χ4n) is 2.73. The molecule has 3 aromatic rings. The highest BCUT2D eigenvalue weighted by molar-refractivity contribution is 9.10. The lowest BCUT2D eigenvalue weighted by Crippen LogP contribution is -2.30. The molecule has 0 aliphatic rings. The summed E-state index contributed by atoms with van der Waals surface area (Å²) in [7, 11) is -3.64. The molecule has 1 amide bonds. The van der Waals surface area contributed by atoms with Crippen LogP contribution in [0.15, 0.2) is 76.4 Å². The van der Waals surface area contributed by atoms with Gasteiger partial charge in [0.1, 0.15) is 0 Å². The number of halogens is 1. The summed E-state index contributed by atoms with van der Waals surface area (Å²) in [6.07, 6.45) is 3.66. The molecule has 1 heterocycles. The van der Waals surface area contributed by atoms with E-state index in [2.05, 4.69) is 31.1 Å². The smallest absolute Gasteiger partial charge is 0.240 e. The Morgan fingerprint density at radius 1 is 1.03 bits per heavy atom. The molecule has 0 spiro atoms. The van der Waals surface area contributed by atoms with Gasteiger partial charge in [0, 0.05) is 36.4 Å². The third kappa shape index (κ3) is 6.25. The molecule has 0 saturated carbocycles. The Bertz CT molecular complexity index is 1050. The minimum Gasteiger partial charge on any atom is -0.352 e. The van der Waals surface area contributed by atoms with Gasteiger partial charge in [-0.15, -0.1) is 0 Å². The molecule has 2 N–H and O–H groups in total. The van der Waals surface area contributed by atoms with Gasteiger partial charge in [-0.3, -0.25) is 9.48 Å². The van der Waals surface area contributed by atoms with E-state index in [1.54, 1.807) is 18.3 Å². The van der Waals surface area contributed by atoms with Crippen molar-refractivity contribution >= 4 is 31.9 Å². The Kier molecular flexibility index (Phi) is 7.18. The largest absolute Gasteiger partial charge is 0.352 e. The van der Waals surface area contributed by atoms with Gasteiger partial charge in [-0.05, 0) is 41.5 Å². The Hall–Kier alpha value is -2.49. The molecule has 0 saturated heterocycles. The molecule has 0 atom stereocenters. The van der Waals surface area contributed by atoms with Gasteiger partial charge in [0.25, 0.3) is 0 Å². The second kappa shape index (κ2) is 9.82. The lowest BCUT2D eigenvalue weighted by atomic mass is 10.1. The van der Waals surface area contributed by atoms with Gasteiger partial charge in [-0.25, -0.2) is 13.1 Å². The molecule has 0 aliphatic carbocycles. The number of hydrogen-bond acceptors (Lipinski definition) is 4. The van der Waals surface area contributed by atoms with Crippen molar-refractivity contribution in [3.8, 4) is 0 Å². The summed E-state index contributed by atoms with van der Waals surface area (Å²) in [5.41, 5.74) is 2.05. The topological polar surface area (TPSA) is 93.1 Å². The van der Waals surface area contributed by atoms with Crippen molar-refractivity contribution in [1.29, 1.82) is 0 Å². The van der Waals surface area contributed by atoms with E-state index in [0.29, 0.717) is 13.1 Å². The second-order valence-electron chi connectivity index (χ2n) is 6.35. The SMILES string of the molecule is O=C(CCNS(=O)(=O)c1ccc(Br)cc1)NCc1ccccc1Cn1cccn1. The third-order valence-corrected chi connectivity index (χ3v) is 6.26. The lowest BCUT2D eigenvalue weighted by Gasteiger charge is -2.11. The zero-order valence-corrected chi connectivity index (χ0v) is 18.0. The number of nitrogens with zero attached hydrogens (tertiary/aromatic N) is 2. The molecule has 9 heteroatoms. The highest BCUT2D eigenvalue weighted by Crippen LogP contribution is 2.14. The van der Waals surface area contributed by atoms with Crippen molar-refractivity contribution in [2.45, 2.75) is 24.4 Å². The number of hydrogen-bond donors (Lipinski definition) is 2. The van der Waals surface area contributed by atoms with Crippen molar-refractivity contribution in [3.05, 3.63) is 82.6 Å². The van der Waals surface area contributed by atoms with Crippen LogP contribution in [0.1, 0.15) is 17.5 Å². The Labute approximate surface area is 178 Å². The van der Waals surface area contributed by atoms with Gasteiger partial charge < -0.3 is 5.32 Å². The van der Waals surface area contributed by atoms with Crippen LogP contribution in [0, 0.1) is 0 Å². The quantitative estimate of drug-likeness (QED) is 0.496. The highest BCUT2D eigenvalue weighted by Gasteiger charge is 2.14. The van der Waals surface area contributed by atoms with Crippen LogP contribution in [-0.2, 0) is 27.9 Å². The first-order valence-corrected chi connectivity index (χ1v) is 11.3. The number of carbonyl (C=O) groups excluding carboxylic acids is 1. The highest BCUT2D eigenvalue weighted by atomic mass is 79.9. The van der Waals surface area contributed by atoms with Crippen molar-refractivity contribution < 1.29 is 13.2 Å². The first kappa shape index (κ1) is 21.2. The second-order valence-corrected chi connectivity index (χ2v) is 9.03. The fraction of sp³-hybridized carbons (Fsp3) is 0.200. The first-order valence-electron chi connectivity index (χ1n) is 9.00. The predicted molar refractivity (Wildman–Crippen MR) is 114 cm³/mol. The summed E-state index contributed by atoms with van der Waals surface area (Å²) < 4.78 is 29.5. The molecule has 0 bridgehead atoms. The maximum Gasteiger partial charge on any atom is 0.240 e. The molecule has 7 nitrogen and oxygen atoms in total. The lowest BCUT2D eigenvalue weighted by molar-refractivity contribution is -0.121. The van der Waals surface area contributed by atoms with Crippen LogP contribution in [-0.4, -0.2) is 30.7 Å². The molecule has 29 heavy (non-hydrogen) atoms. The van der Waals surface area contributed by atoms with Crippen molar-refractivity contribution in [2.75, 3.05) is 6.54 Å². The Balaban J connectivity index is 1.49. The van der Waals surface area contributed by atoms with Crippen molar-refractivity contribution in [3.63, 3.8) is 0 Å². The Morgan fingerprint density at radius 2 is 1.76 bits per heavy atom. The standard InChI is InChI=1S/C20H21BrN4O3S/c21-18-6-8-19(9-7-18)29(27,28)24-12-10-20(26)22-14-16-4-1-2-5-17(16)15-25-13-3-11-23-25/h1-9,11,13,24H,10,12,14-15H2,(H,22,26). The van der Waals surface area contributed by atoms with Crippen LogP contribution in [0.4, 0.5) is 0 Å². The summed E-state index contributed by atoms with van der Waals surface area (Å²) in [5.74, 6) is -0.225. The van der Waals surface area contributed by atoms with Crippen LogP contribution in [0.5, 0.6) is 0 Å². The van der Waals surface area contributed by atoms with Crippen LogP contribution >= 0.6 is 15.9 Å². The third-order valence-electron chi connectivity index (χ3n) is 4.25. The fourth-order valence-corrected chi connectivity index (χ4v) is 4.03. The summed E-state index contributed by atoms with van der Waals surface area (Å²) in [4.78, 5) is 12.3. The van der Waals surface area contributed by atoms with Gasteiger partial charge in [0.15, 0.2) is 0 Å². The predicted octanol–water partition coefficient (Wildman–Crippen LogP) is 2.68. The van der Waals surface area contributed by atoms with E-state index in [1.807, 2.05) is 41.2 Å². The van der Waals surface area contributed by atoms with Crippen molar-refractivity contribution in [1.82, 2.24) is 19.8 Å². The zero-order chi connectivity index (χ0) is 20.7. The van der Waals surface area contributed by atoms with Crippen LogP contribution in [0.3, 0.4) is 0 Å². The molecule has 0 aliphatic heterocycles. The summed E-state index contributed by atoms with van der Waals surface area (Å²) in [6, 6.07) is 16.0. The van der Waals surface area contributed by atoms with Gasteiger partial charge >= 0.3 is 0 Å². The molecule has 2 aromatic carbocycles. The number of benzene rings is 2. The number of rotatable bonds is 9. The Morgan fingerprint density at radius 3 is 2.45 bits per heavy atom. The number of nitrogens with one attached hydrogen (secondary N) is 2. The number of aromatic nitrogens is 2. The van der Waals surface area contributed by atoms with E-state index < -0.39 is 10.0 Å². The summed E-state index contributed by atoms with van der Waals surface area (Å²) >= 11 is 3.27. The van der Waals surface area contributed by atoms with E-state index in [-0.39, 0.29) is 23.8 Å². The van der Waals surface area contributed by atoms with Gasteiger partial charge in [0.05, 0.1) is 11.4 Å². The molecular formula is C20H21BrN4O3S. The van der Waals surface area contributed by atoms with Gasteiger partial charge in [0.2, 0.25) is 15.9 Å². The molecule has 152 valence electrons. The average Bonchev–Trinajstić information content (AvgIpc) is 3.20. The molecular weight excluding hydrogens is 456 g/mol. The maximum absolute atomic E-state index is 12.2. The minimum absolute atomic E-state index is 0.0269. The number of sulfonamides is 1. The van der Waals surface area contributed by atoms with Gasteiger partial charge in [-0.1, -0.05) is 40.2 Å². The molecule has 0 unspecified atom stereocenters. The van der Waals surface area contributed by atoms with Gasteiger partial charge in [-0.2, -0.15) is 5.10 Å². The van der Waals surface area contributed by atoms with E-state index in [1.165, 1.54) is 12.1 Å². The van der Waals surface area contributed by atoms with E-state index in [0.717, 1.165) is 15.6 Å². The van der Waals surface area contributed by atoms with E-state index in [4.69, 9.17) is 0 Å². The van der Waals surface area contributed by atoms with E-state index >= 15 is 0 Å². The first-order chi connectivity index (χ1) is 13.9. The van der Waals surface area contributed by atoms with Crippen LogP contribution < -0.4 is 10.0 Å². The minimum atomic E-state index is -3.64. The molecule has 1 aromatic heterocycles. The summed E-state index contributed by atoms with van der Waals surface area (Å²) in [5, 5.41) is 7.05. The molecule has 0 fully saturated rings. The van der Waals surface area contributed by atoms with Crippen LogP contribution in [0.25, 0.3) is 0 Å². The maximum atomic E-state index is 12.2. The van der Waals surface area contributed by atoms with Crippen LogP contribution in [0.2, 0.25) is 0 Å².